The molecule has 1 amide bonds. The molecule has 150 valence electrons. The van der Waals surface area contributed by atoms with Crippen molar-refractivity contribution in [3.8, 4) is 5.69 Å². The SMILES string of the molecule is NS(=O)(=O)Cc1cccc(NC(=O)c2nn(-c3ccc(F)cc3)c3c2CCC3)c1. The molecule has 29 heavy (non-hydrogen) atoms. The Morgan fingerprint density at radius 3 is 2.66 bits per heavy atom. The number of aromatic nitrogens is 2. The molecule has 0 saturated carbocycles. The van der Waals surface area contributed by atoms with E-state index in [1.165, 1.54) is 12.1 Å². The van der Waals surface area contributed by atoms with E-state index in [-0.39, 0.29) is 17.5 Å². The molecule has 3 N–H and O–H groups in total. The molecular weight excluding hydrogens is 395 g/mol. The van der Waals surface area contributed by atoms with Crippen LogP contribution in [0.3, 0.4) is 0 Å². The van der Waals surface area contributed by atoms with Crippen molar-refractivity contribution >= 4 is 21.6 Å². The summed E-state index contributed by atoms with van der Waals surface area (Å²) in [6.07, 6.45) is 2.44. The number of carbonyl (C=O) groups is 1. The molecule has 1 heterocycles. The molecule has 7 nitrogen and oxygen atoms in total. The second-order valence-corrected chi connectivity index (χ2v) is 8.59. The summed E-state index contributed by atoms with van der Waals surface area (Å²) in [5, 5.41) is 12.3. The molecule has 4 rings (SSSR count). The van der Waals surface area contributed by atoms with Gasteiger partial charge in [0.25, 0.3) is 5.91 Å². The number of rotatable bonds is 5. The zero-order valence-corrected chi connectivity index (χ0v) is 16.2. The van der Waals surface area contributed by atoms with Crippen molar-refractivity contribution in [1.29, 1.82) is 0 Å². The van der Waals surface area contributed by atoms with Crippen LogP contribution in [0.25, 0.3) is 5.69 Å². The number of nitrogens with zero attached hydrogens (tertiary/aromatic N) is 2. The van der Waals surface area contributed by atoms with Gasteiger partial charge in [-0.25, -0.2) is 22.6 Å². The number of primary sulfonamides is 1. The number of halogens is 1. The minimum atomic E-state index is -3.67. The summed E-state index contributed by atoms with van der Waals surface area (Å²) >= 11 is 0. The first kappa shape index (κ1) is 19.3. The summed E-state index contributed by atoms with van der Waals surface area (Å²) in [5.74, 6) is -1.03. The summed E-state index contributed by atoms with van der Waals surface area (Å²) in [5.41, 5.74) is 3.78. The first-order valence-corrected chi connectivity index (χ1v) is 10.8. The van der Waals surface area contributed by atoms with Gasteiger partial charge in [0.1, 0.15) is 5.82 Å². The number of anilines is 1. The van der Waals surface area contributed by atoms with E-state index >= 15 is 0 Å². The number of amides is 1. The van der Waals surface area contributed by atoms with Crippen molar-refractivity contribution in [3.05, 3.63) is 76.9 Å². The van der Waals surface area contributed by atoms with Crippen LogP contribution < -0.4 is 10.5 Å². The number of nitrogens with one attached hydrogen (secondary N) is 1. The number of benzene rings is 2. The van der Waals surface area contributed by atoms with Gasteiger partial charge in [0.05, 0.1) is 11.4 Å². The minimum Gasteiger partial charge on any atom is -0.321 e. The number of hydrogen-bond donors (Lipinski definition) is 2. The molecule has 0 aliphatic heterocycles. The Kier molecular flexibility index (Phi) is 4.93. The van der Waals surface area contributed by atoms with E-state index in [0.29, 0.717) is 22.6 Å². The number of sulfonamides is 1. The van der Waals surface area contributed by atoms with Gasteiger partial charge in [-0.05, 0) is 61.2 Å². The molecule has 0 unspecified atom stereocenters. The minimum absolute atomic E-state index is 0.314. The van der Waals surface area contributed by atoms with Crippen LogP contribution in [-0.4, -0.2) is 24.1 Å². The van der Waals surface area contributed by atoms with E-state index in [1.807, 2.05) is 0 Å². The maximum Gasteiger partial charge on any atom is 0.276 e. The molecule has 2 aromatic carbocycles. The van der Waals surface area contributed by atoms with Crippen molar-refractivity contribution in [2.45, 2.75) is 25.0 Å². The zero-order chi connectivity index (χ0) is 20.6. The molecule has 0 spiro atoms. The molecule has 1 aromatic heterocycles. The zero-order valence-electron chi connectivity index (χ0n) is 15.4. The lowest BCUT2D eigenvalue weighted by Crippen LogP contribution is -2.16. The topological polar surface area (TPSA) is 107 Å². The molecule has 1 aliphatic carbocycles. The Bertz CT molecular complexity index is 1190. The van der Waals surface area contributed by atoms with Crippen molar-refractivity contribution in [2.75, 3.05) is 5.32 Å². The maximum absolute atomic E-state index is 13.2. The van der Waals surface area contributed by atoms with Crippen LogP contribution in [0, 0.1) is 5.82 Å². The van der Waals surface area contributed by atoms with E-state index in [4.69, 9.17) is 5.14 Å². The van der Waals surface area contributed by atoms with Gasteiger partial charge in [-0.3, -0.25) is 4.79 Å². The lowest BCUT2D eigenvalue weighted by molar-refractivity contribution is 0.102. The molecule has 0 saturated heterocycles. The van der Waals surface area contributed by atoms with Gasteiger partial charge in [-0.15, -0.1) is 0 Å². The number of nitrogens with two attached hydrogens (primary N) is 1. The van der Waals surface area contributed by atoms with E-state index < -0.39 is 10.0 Å². The van der Waals surface area contributed by atoms with Gasteiger partial charge in [-0.1, -0.05) is 12.1 Å². The summed E-state index contributed by atoms with van der Waals surface area (Å²) in [6, 6.07) is 12.5. The smallest absolute Gasteiger partial charge is 0.276 e. The third kappa shape index (κ3) is 4.20. The molecule has 3 aromatic rings. The van der Waals surface area contributed by atoms with Crippen LogP contribution in [0.1, 0.15) is 33.7 Å². The summed E-state index contributed by atoms with van der Waals surface area (Å²) in [6.45, 7) is 0. The average molecular weight is 414 g/mol. The van der Waals surface area contributed by atoms with Gasteiger partial charge in [0.15, 0.2) is 5.69 Å². The van der Waals surface area contributed by atoms with Gasteiger partial charge < -0.3 is 5.32 Å². The monoisotopic (exact) mass is 414 g/mol. The van der Waals surface area contributed by atoms with Gasteiger partial charge in [0, 0.05) is 16.9 Å². The highest BCUT2D eigenvalue weighted by Gasteiger charge is 2.27. The van der Waals surface area contributed by atoms with E-state index in [9.17, 15) is 17.6 Å². The Hall–Kier alpha value is -3.04. The quantitative estimate of drug-likeness (QED) is 0.669. The Morgan fingerprint density at radius 1 is 1.17 bits per heavy atom. The maximum atomic E-state index is 13.2. The summed E-state index contributed by atoms with van der Waals surface area (Å²) in [4.78, 5) is 12.9. The highest BCUT2D eigenvalue weighted by atomic mass is 32.2. The first-order valence-electron chi connectivity index (χ1n) is 9.08. The van der Waals surface area contributed by atoms with Crippen molar-refractivity contribution in [3.63, 3.8) is 0 Å². The van der Waals surface area contributed by atoms with Crippen LogP contribution in [0.4, 0.5) is 10.1 Å². The third-order valence-corrected chi connectivity index (χ3v) is 5.50. The Balaban J connectivity index is 1.62. The second kappa shape index (κ2) is 7.41. The summed E-state index contributed by atoms with van der Waals surface area (Å²) in [7, 11) is -3.67. The lowest BCUT2D eigenvalue weighted by atomic mass is 10.1. The van der Waals surface area contributed by atoms with Crippen molar-refractivity contribution < 1.29 is 17.6 Å². The van der Waals surface area contributed by atoms with Gasteiger partial charge in [-0.2, -0.15) is 5.10 Å². The molecule has 0 fully saturated rings. The Morgan fingerprint density at radius 2 is 1.93 bits per heavy atom. The first-order chi connectivity index (χ1) is 13.8. The van der Waals surface area contributed by atoms with Crippen LogP contribution >= 0.6 is 0 Å². The molecule has 9 heteroatoms. The molecule has 0 radical (unpaired) electrons. The fourth-order valence-electron chi connectivity index (χ4n) is 3.58. The number of carbonyl (C=O) groups excluding carboxylic acids is 1. The molecule has 0 bridgehead atoms. The predicted molar refractivity (Wildman–Crippen MR) is 107 cm³/mol. The lowest BCUT2D eigenvalue weighted by Gasteiger charge is -2.07. The number of hydrogen-bond acceptors (Lipinski definition) is 4. The van der Waals surface area contributed by atoms with Crippen LogP contribution in [0.2, 0.25) is 0 Å². The third-order valence-electron chi connectivity index (χ3n) is 4.77. The fraction of sp³-hybridized carbons (Fsp3) is 0.200. The highest BCUT2D eigenvalue weighted by molar-refractivity contribution is 7.88. The number of fused-ring (bicyclic) bond motifs is 1. The fourth-order valence-corrected chi connectivity index (χ4v) is 4.22. The van der Waals surface area contributed by atoms with E-state index in [1.54, 1.807) is 41.1 Å². The van der Waals surface area contributed by atoms with Gasteiger partial charge in [0.2, 0.25) is 10.0 Å². The summed E-state index contributed by atoms with van der Waals surface area (Å²) < 4.78 is 37.5. The van der Waals surface area contributed by atoms with E-state index in [0.717, 1.165) is 30.5 Å². The van der Waals surface area contributed by atoms with Crippen LogP contribution in [0.5, 0.6) is 0 Å². The largest absolute Gasteiger partial charge is 0.321 e. The second-order valence-electron chi connectivity index (χ2n) is 6.98. The van der Waals surface area contributed by atoms with E-state index in [2.05, 4.69) is 10.4 Å². The standard InChI is InChI=1S/C20H19FN4O3S/c21-14-7-9-16(10-8-14)25-18-6-2-5-17(18)19(24-25)20(26)23-15-4-1-3-13(11-15)12-29(22,27)28/h1,3-4,7-11H,2,5-6,12H2,(H,23,26)(H2,22,27,28). The van der Waals surface area contributed by atoms with Crippen molar-refractivity contribution in [2.24, 2.45) is 5.14 Å². The normalized spacial score (nSPS) is 13.3. The molecule has 1 aliphatic rings. The van der Waals surface area contributed by atoms with Crippen LogP contribution in [-0.2, 0) is 28.6 Å². The van der Waals surface area contributed by atoms with Crippen LogP contribution in [0.15, 0.2) is 48.5 Å². The molecular formula is C20H19FN4O3S. The van der Waals surface area contributed by atoms with Gasteiger partial charge >= 0.3 is 0 Å². The van der Waals surface area contributed by atoms with Crippen molar-refractivity contribution in [1.82, 2.24) is 9.78 Å². The highest BCUT2D eigenvalue weighted by Crippen LogP contribution is 2.28. The average Bonchev–Trinajstić information content (AvgIpc) is 3.24. The Labute approximate surface area is 167 Å². The molecule has 0 atom stereocenters. The predicted octanol–water partition coefficient (Wildman–Crippen LogP) is 2.54.